The van der Waals surface area contributed by atoms with Crippen LogP contribution in [0.3, 0.4) is 0 Å². The largest absolute Gasteiger partial charge is 0.366 e. The average molecular weight is 351 g/mol. The van der Waals surface area contributed by atoms with Gasteiger partial charge in [0.05, 0.1) is 16.7 Å². The van der Waals surface area contributed by atoms with Crippen molar-refractivity contribution in [3.63, 3.8) is 0 Å². The first-order valence-corrected chi connectivity index (χ1v) is 8.25. The van der Waals surface area contributed by atoms with Crippen molar-refractivity contribution in [2.75, 3.05) is 17.4 Å². The molecule has 0 aliphatic carbocycles. The van der Waals surface area contributed by atoms with Gasteiger partial charge in [0.15, 0.2) is 0 Å². The molecule has 2 heterocycles. The van der Waals surface area contributed by atoms with Gasteiger partial charge in [-0.3, -0.25) is 15.5 Å². The SMILES string of the molecule is CC1=CC(C)(C)N(C)c2ccc(/C=N\Nc3ccc([N+](=O)[O-])cn3)cc21. The van der Waals surface area contributed by atoms with E-state index in [1.54, 1.807) is 6.21 Å². The Morgan fingerprint density at radius 1 is 1.31 bits per heavy atom. The first-order chi connectivity index (χ1) is 12.3. The molecule has 1 aromatic heterocycles. The molecular formula is C19H21N5O2. The lowest BCUT2D eigenvalue weighted by Crippen LogP contribution is -2.42. The van der Waals surface area contributed by atoms with Gasteiger partial charge in [-0.15, -0.1) is 0 Å². The molecule has 0 radical (unpaired) electrons. The van der Waals surface area contributed by atoms with E-state index in [-0.39, 0.29) is 11.2 Å². The molecule has 7 heteroatoms. The van der Waals surface area contributed by atoms with Crippen LogP contribution < -0.4 is 10.3 Å². The summed E-state index contributed by atoms with van der Waals surface area (Å²) in [6.07, 6.45) is 5.16. The van der Waals surface area contributed by atoms with Crippen LogP contribution in [0.1, 0.15) is 31.9 Å². The summed E-state index contributed by atoms with van der Waals surface area (Å²) in [5.41, 5.74) is 7.29. The van der Waals surface area contributed by atoms with Crippen molar-refractivity contribution in [3.05, 3.63) is 63.8 Å². The second kappa shape index (κ2) is 6.59. The second-order valence-electron chi connectivity index (χ2n) is 6.85. The summed E-state index contributed by atoms with van der Waals surface area (Å²) in [6.45, 7) is 6.50. The lowest BCUT2D eigenvalue weighted by atomic mass is 9.89. The van der Waals surface area contributed by atoms with E-state index in [0.29, 0.717) is 5.82 Å². The number of hydrazone groups is 1. The minimum absolute atomic E-state index is 0.0180. The fourth-order valence-corrected chi connectivity index (χ4v) is 2.99. The van der Waals surface area contributed by atoms with E-state index in [4.69, 9.17) is 0 Å². The summed E-state index contributed by atoms with van der Waals surface area (Å²) >= 11 is 0. The van der Waals surface area contributed by atoms with Crippen LogP contribution in [-0.2, 0) is 0 Å². The third kappa shape index (κ3) is 3.42. The topological polar surface area (TPSA) is 83.7 Å². The molecular weight excluding hydrogens is 330 g/mol. The lowest BCUT2D eigenvalue weighted by Gasteiger charge is -2.40. The molecule has 1 aliphatic rings. The number of pyridine rings is 1. The molecule has 0 unspecified atom stereocenters. The minimum atomic E-state index is -0.485. The fraction of sp³-hybridized carbons (Fsp3) is 0.263. The molecule has 0 saturated heterocycles. The third-order valence-corrected chi connectivity index (χ3v) is 4.59. The predicted octanol–water partition coefficient (Wildman–Crippen LogP) is 4.07. The number of fused-ring (bicyclic) bond motifs is 1. The fourth-order valence-electron chi connectivity index (χ4n) is 2.99. The first-order valence-electron chi connectivity index (χ1n) is 8.25. The highest BCUT2D eigenvalue weighted by molar-refractivity contribution is 5.87. The number of allylic oxidation sites excluding steroid dienone is 1. The number of hydrogen-bond acceptors (Lipinski definition) is 6. The number of likely N-dealkylation sites (N-methyl/N-ethyl adjacent to an activating group) is 1. The molecule has 0 amide bonds. The highest BCUT2D eigenvalue weighted by Crippen LogP contribution is 2.37. The summed E-state index contributed by atoms with van der Waals surface area (Å²) < 4.78 is 0. The van der Waals surface area contributed by atoms with Crippen molar-refractivity contribution in [2.45, 2.75) is 26.3 Å². The molecule has 0 fully saturated rings. The van der Waals surface area contributed by atoms with Crippen LogP contribution in [0.15, 0.2) is 47.7 Å². The van der Waals surface area contributed by atoms with Crippen LogP contribution in [0, 0.1) is 10.1 Å². The summed E-state index contributed by atoms with van der Waals surface area (Å²) in [7, 11) is 2.09. The smallest absolute Gasteiger partial charge is 0.287 e. The Morgan fingerprint density at radius 3 is 2.73 bits per heavy atom. The third-order valence-electron chi connectivity index (χ3n) is 4.59. The molecule has 0 saturated carbocycles. The van der Waals surface area contributed by atoms with Crippen molar-refractivity contribution >= 4 is 29.0 Å². The number of nitrogens with zero attached hydrogens (tertiary/aromatic N) is 4. The number of aromatic nitrogens is 1. The lowest BCUT2D eigenvalue weighted by molar-refractivity contribution is -0.385. The Morgan fingerprint density at radius 2 is 2.08 bits per heavy atom. The van der Waals surface area contributed by atoms with Crippen LogP contribution in [0.4, 0.5) is 17.2 Å². The van der Waals surface area contributed by atoms with E-state index in [1.165, 1.54) is 35.2 Å². The number of hydrogen-bond donors (Lipinski definition) is 1. The summed E-state index contributed by atoms with van der Waals surface area (Å²) in [5.74, 6) is 0.447. The van der Waals surface area contributed by atoms with Crippen molar-refractivity contribution in [2.24, 2.45) is 5.10 Å². The van der Waals surface area contributed by atoms with Crippen LogP contribution in [0.5, 0.6) is 0 Å². The molecule has 1 N–H and O–H groups in total. The molecule has 134 valence electrons. The monoisotopic (exact) mass is 351 g/mol. The molecule has 0 atom stereocenters. The Balaban J connectivity index is 1.76. The minimum Gasteiger partial charge on any atom is -0.366 e. The Hall–Kier alpha value is -3.22. The number of nitrogens with one attached hydrogen (secondary N) is 1. The zero-order valence-corrected chi connectivity index (χ0v) is 15.2. The second-order valence-corrected chi connectivity index (χ2v) is 6.85. The van der Waals surface area contributed by atoms with Crippen molar-refractivity contribution in [1.29, 1.82) is 0 Å². The first kappa shape index (κ1) is 17.6. The summed E-state index contributed by atoms with van der Waals surface area (Å²) in [5, 5.41) is 14.8. The Bertz CT molecular complexity index is 901. The van der Waals surface area contributed by atoms with E-state index in [2.05, 4.69) is 66.4 Å². The van der Waals surface area contributed by atoms with E-state index < -0.39 is 4.92 Å². The molecule has 7 nitrogen and oxygen atoms in total. The van der Waals surface area contributed by atoms with E-state index in [9.17, 15) is 10.1 Å². The molecule has 26 heavy (non-hydrogen) atoms. The van der Waals surface area contributed by atoms with Crippen LogP contribution in [-0.4, -0.2) is 28.7 Å². The zero-order chi connectivity index (χ0) is 18.9. The van der Waals surface area contributed by atoms with Gasteiger partial charge in [-0.05, 0) is 50.1 Å². The zero-order valence-electron chi connectivity index (χ0n) is 15.2. The number of anilines is 2. The van der Waals surface area contributed by atoms with Crippen molar-refractivity contribution in [3.8, 4) is 0 Å². The normalized spacial score (nSPS) is 15.5. The van der Waals surface area contributed by atoms with Crippen molar-refractivity contribution < 1.29 is 4.92 Å². The molecule has 1 aromatic carbocycles. The Labute approximate surface area is 152 Å². The number of rotatable bonds is 4. The maximum Gasteiger partial charge on any atom is 0.287 e. The molecule has 0 spiro atoms. The van der Waals surface area contributed by atoms with Gasteiger partial charge < -0.3 is 4.90 Å². The van der Waals surface area contributed by atoms with Gasteiger partial charge in [0, 0.05) is 24.4 Å². The van der Waals surface area contributed by atoms with Crippen molar-refractivity contribution in [1.82, 2.24) is 4.98 Å². The van der Waals surface area contributed by atoms with Gasteiger partial charge >= 0.3 is 0 Å². The highest BCUT2D eigenvalue weighted by Gasteiger charge is 2.28. The van der Waals surface area contributed by atoms with E-state index in [0.717, 1.165) is 5.56 Å². The molecule has 0 bridgehead atoms. The van der Waals surface area contributed by atoms with Gasteiger partial charge in [-0.1, -0.05) is 12.1 Å². The van der Waals surface area contributed by atoms with E-state index >= 15 is 0 Å². The quantitative estimate of drug-likeness (QED) is 0.510. The highest BCUT2D eigenvalue weighted by atomic mass is 16.6. The summed E-state index contributed by atoms with van der Waals surface area (Å²) in [6, 6.07) is 9.11. The standard InChI is InChI=1S/C19H21N5O2/c1-13-10-19(2,3)23(4)17-7-5-14(9-16(13)17)11-21-22-18-8-6-15(12-20-18)24(25)26/h5-12H,1-4H3,(H,20,22)/b21-11-. The van der Waals surface area contributed by atoms with Gasteiger partial charge in [-0.25, -0.2) is 4.98 Å². The maximum atomic E-state index is 10.6. The maximum absolute atomic E-state index is 10.6. The molecule has 2 aromatic rings. The van der Waals surface area contributed by atoms with Gasteiger partial charge in [0.25, 0.3) is 5.69 Å². The average Bonchev–Trinajstić information content (AvgIpc) is 2.60. The Kier molecular flexibility index (Phi) is 4.46. The van der Waals surface area contributed by atoms with Crippen LogP contribution in [0.25, 0.3) is 5.57 Å². The summed E-state index contributed by atoms with van der Waals surface area (Å²) in [4.78, 5) is 16.4. The number of nitro groups is 1. The van der Waals surface area contributed by atoms with Crippen LogP contribution in [0.2, 0.25) is 0 Å². The van der Waals surface area contributed by atoms with E-state index in [1.807, 2.05) is 6.07 Å². The number of benzene rings is 1. The predicted molar refractivity (Wildman–Crippen MR) is 105 cm³/mol. The van der Waals surface area contributed by atoms with Gasteiger partial charge in [0.2, 0.25) is 0 Å². The van der Waals surface area contributed by atoms with Gasteiger partial charge in [0.1, 0.15) is 12.0 Å². The molecule has 3 rings (SSSR count). The van der Waals surface area contributed by atoms with Crippen LogP contribution >= 0.6 is 0 Å². The van der Waals surface area contributed by atoms with Gasteiger partial charge in [-0.2, -0.15) is 5.10 Å². The molecule has 1 aliphatic heterocycles.